The molecule has 2 heterocycles. The minimum absolute atomic E-state index is 0.194. The van der Waals surface area contributed by atoms with Crippen LogP contribution in [-0.2, 0) is 11.3 Å². The van der Waals surface area contributed by atoms with Crippen LogP contribution in [0.3, 0.4) is 0 Å². The molecular formula is C23H39N5O2. The number of rotatable bonds is 8. The molecule has 1 aromatic heterocycles. The molecule has 0 amide bonds. The minimum Gasteiger partial charge on any atom is -0.396 e. The monoisotopic (exact) mass is 417 g/mol. The van der Waals surface area contributed by atoms with Gasteiger partial charge in [0.25, 0.3) is 0 Å². The minimum atomic E-state index is 0.194. The van der Waals surface area contributed by atoms with Crippen LogP contribution in [0.4, 0.5) is 5.82 Å². The number of nitrogens with zero attached hydrogens (tertiary/aromatic N) is 3. The summed E-state index contributed by atoms with van der Waals surface area (Å²) in [6, 6.07) is 4.17. The van der Waals surface area contributed by atoms with E-state index < -0.39 is 0 Å². The van der Waals surface area contributed by atoms with E-state index in [1.807, 2.05) is 12.3 Å². The molecule has 30 heavy (non-hydrogen) atoms. The molecule has 0 radical (unpaired) electrons. The summed E-state index contributed by atoms with van der Waals surface area (Å²) in [6.45, 7) is 9.25. The maximum atomic E-state index is 9.56. The van der Waals surface area contributed by atoms with Crippen LogP contribution in [0, 0.1) is 5.41 Å². The zero-order valence-corrected chi connectivity index (χ0v) is 18.7. The van der Waals surface area contributed by atoms with E-state index in [0.29, 0.717) is 6.54 Å². The van der Waals surface area contributed by atoms with Crippen molar-refractivity contribution >= 4 is 11.8 Å². The molecule has 3 rings (SSSR count). The SMILES string of the molecule is CCNC(=NCc1ccnc(N2CCOC(C)C2)c1)NCC1(CCO)CCCCC1. The fourth-order valence-corrected chi connectivity index (χ4v) is 4.60. The molecule has 0 aromatic carbocycles. The fourth-order valence-electron chi connectivity index (χ4n) is 4.60. The zero-order chi connectivity index (χ0) is 21.2. The number of hydrogen-bond donors (Lipinski definition) is 3. The number of hydrogen-bond acceptors (Lipinski definition) is 5. The molecule has 1 saturated carbocycles. The van der Waals surface area contributed by atoms with E-state index in [1.54, 1.807) is 0 Å². The Bertz CT molecular complexity index is 670. The Morgan fingerprint density at radius 3 is 2.90 bits per heavy atom. The summed E-state index contributed by atoms with van der Waals surface area (Å²) in [6.07, 6.45) is 9.18. The molecule has 7 heteroatoms. The Kier molecular flexibility index (Phi) is 8.75. The summed E-state index contributed by atoms with van der Waals surface area (Å²) >= 11 is 0. The van der Waals surface area contributed by atoms with Gasteiger partial charge in [0.1, 0.15) is 5.82 Å². The third kappa shape index (κ3) is 6.57. The first-order valence-corrected chi connectivity index (χ1v) is 11.6. The number of aromatic nitrogens is 1. The van der Waals surface area contributed by atoms with Gasteiger partial charge in [-0.15, -0.1) is 0 Å². The van der Waals surface area contributed by atoms with Crippen molar-refractivity contribution in [1.29, 1.82) is 0 Å². The van der Waals surface area contributed by atoms with Gasteiger partial charge < -0.3 is 25.4 Å². The Labute approximate surface area is 181 Å². The van der Waals surface area contributed by atoms with Gasteiger partial charge in [-0.25, -0.2) is 9.98 Å². The average Bonchev–Trinajstić information content (AvgIpc) is 2.77. The standard InChI is InChI=1S/C23H39N5O2/c1-3-24-22(27-18-23(10-13-29)8-5-4-6-9-23)26-16-20-7-11-25-21(15-20)28-12-14-30-19(2)17-28/h7,11,15,19,29H,3-6,8-10,12-14,16-18H2,1-2H3,(H2,24,26,27). The molecule has 1 saturated heterocycles. The predicted octanol–water partition coefficient (Wildman–Crippen LogP) is 2.69. The number of pyridine rings is 1. The maximum Gasteiger partial charge on any atom is 0.191 e. The first-order chi connectivity index (χ1) is 14.6. The molecular weight excluding hydrogens is 378 g/mol. The molecule has 168 valence electrons. The lowest BCUT2D eigenvalue weighted by molar-refractivity contribution is 0.0529. The fraction of sp³-hybridized carbons (Fsp3) is 0.739. The van der Waals surface area contributed by atoms with Crippen LogP contribution in [-0.4, -0.2) is 61.5 Å². The third-order valence-corrected chi connectivity index (χ3v) is 6.33. The molecule has 2 aliphatic rings. The lowest BCUT2D eigenvalue weighted by Crippen LogP contribution is -2.45. The van der Waals surface area contributed by atoms with Crippen LogP contribution in [0.25, 0.3) is 0 Å². The second kappa shape index (κ2) is 11.5. The second-order valence-corrected chi connectivity index (χ2v) is 8.73. The maximum absolute atomic E-state index is 9.56. The van der Waals surface area contributed by atoms with Crippen LogP contribution in [0.1, 0.15) is 57.9 Å². The van der Waals surface area contributed by atoms with Crippen molar-refractivity contribution < 1.29 is 9.84 Å². The largest absolute Gasteiger partial charge is 0.396 e. The van der Waals surface area contributed by atoms with E-state index in [9.17, 15) is 5.11 Å². The number of guanidine groups is 1. The molecule has 1 aliphatic heterocycles. The molecule has 3 N–H and O–H groups in total. The van der Waals surface area contributed by atoms with E-state index in [0.717, 1.165) is 56.5 Å². The summed E-state index contributed by atoms with van der Waals surface area (Å²) in [4.78, 5) is 11.7. The Hall–Kier alpha value is -1.86. The van der Waals surface area contributed by atoms with Gasteiger partial charge >= 0.3 is 0 Å². The van der Waals surface area contributed by atoms with Gasteiger partial charge in [-0.3, -0.25) is 0 Å². The molecule has 1 aromatic rings. The van der Waals surface area contributed by atoms with E-state index in [1.165, 1.54) is 32.1 Å². The second-order valence-electron chi connectivity index (χ2n) is 8.73. The highest BCUT2D eigenvalue weighted by Crippen LogP contribution is 2.38. The zero-order valence-electron chi connectivity index (χ0n) is 18.7. The summed E-state index contributed by atoms with van der Waals surface area (Å²) in [7, 11) is 0. The van der Waals surface area contributed by atoms with Gasteiger partial charge in [-0.1, -0.05) is 19.3 Å². The van der Waals surface area contributed by atoms with Gasteiger partial charge in [0.05, 0.1) is 19.3 Å². The van der Waals surface area contributed by atoms with Gasteiger partial charge in [-0.05, 0) is 56.2 Å². The number of morpholine rings is 1. The number of aliphatic imine (C=N–C) groups is 1. The summed E-state index contributed by atoms with van der Waals surface area (Å²) in [5.41, 5.74) is 1.35. The summed E-state index contributed by atoms with van der Waals surface area (Å²) in [5, 5.41) is 16.5. The van der Waals surface area contributed by atoms with Gasteiger partial charge in [-0.2, -0.15) is 0 Å². The predicted molar refractivity (Wildman–Crippen MR) is 122 cm³/mol. The molecule has 1 atom stereocenters. The molecule has 2 fully saturated rings. The number of anilines is 1. The van der Waals surface area contributed by atoms with Gasteiger partial charge in [0.2, 0.25) is 0 Å². The van der Waals surface area contributed by atoms with Crippen LogP contribution in [0.15, 0.2) is 23.3 Å². The van der Waals surface area contributed by atoms with E-state index in [2.05, 4.69) is 40.4 Å². The Morgan fingerprint density at radius 2 is 2.17 bits per heavy atom. The molecule has 1 unspecified atom stereocenters. The highest BCUT2D eigenvalue weighted by molar-refractivity contribution is 5.79. The Morgan fingerprint density at radius 1 is 1.33 bits per heavy atom. The molecule has 0 bridgehead atoms. The topological polar surface area (TPSA) is 82.0 Å². The van der Waals surface area contributed by atoms with E-state index in [4.69, 9.17) is 9.73 Å². The Balaban J connectivity index is 1.62. The normalized spacial score (nSPS) is 22.0. The van der Waals surface area contributed by atoms with Crippen molar-refractivity contribution in [3.05, 3.63) is 23.9 Å². The average molecular weight is 418 g/mol. The number of aliphatic hydroxyl groups is 1. The number of ether oxygens (including phenoxy) is 1. The van der Waals surface area contributed by atoms with Crippen molar-refractivity contribution in [3.8, 4) is 0 Å². The summed E-state index contributed by atoms with van der Waals surface area (Å²) < 4.78 is 5.64. The first-order valence-electron chi connectivity index (χ1n) is 11.6. The van der Waals surface area contributed by atoms with Gasteiger partial charge in [0, 0.05) is 39.0 Å². The number of aliphatic hydroxyl groups excluding tert-OH is 1. The van der Waals surface area contributed by atoms with Crippen molar-refractivity contribution in [2.75, 3.05) is 44.3 Å². The van der Waals surface area contributed by atoms with Crippen LogP contribution in [0.5, 0.6) is 0 Å². The van der Waals surface area contributed by atoms with Gasteiger partial charge in [0.15, 0.2) is 5.96 Å². The van der Waals surface area contributed by atoms with Crippen molar-refractivity contribution in [2.45, 2.75) is 65.0 Å². The highest BCUT2D eigenvalue weighted by atomic mass is 16.5. The quantitative estimate of drug-likeness (QED) is 0.446. The highest BCUT2D eigenvalue weighted by Gasteiger charge is 2.31. The first kappa shape index (κ1) is 22.8. The van der Waals surface area contributed by atoms with E-state index >= 15 is 0 Å². The third-order valence-electron chi connectivity index (χ3n) is 6.33. The lowest BCUT2D eigenvalue weighted by Gasteiger charge is -2.37. The van der Waals surface area contributed by atoms with Crippen LogP contribution < -0.4 is 15.5 Å². The van der Waals surface area contributed by atoms with Crippen molar-refractivity contribution in [2.24, 2.45) is 10.4 Å². The van der Waals surface area contributed by atoms with Crippen molar-refractivity contribution in [3.63, 3.8) is 0 Å². The lowest BCUT2D eigenvalue weighted by atomic mass is 9.72. The molecule has 1 aliphatic carbocycles. The number of nitrogens with one attached hydrogen (secondary N) is 2. The smallest absolute Gasteiger partial charge is 0.191 e. The summed E-state index contributed by atoms with van der Waals surface area (Å²) in [5.74, 6) is 1.85. The van der Waals surface area contributed by atoms with Crippen LogP contribution >= 0.6 is 0 Å². The van der Waals surface area contributed by atoms with E-state index in [-0.39, 0.29) is 18.1 Å². The molecule has 0 spiro atoms. The van der Waals surface area contributed by atoms with Crippen molar-refractivity contribution in [1.82, 2.24) is 15.6 Å². The molecule has 7 nitrogen and oxygen atoms in total. The van der Waals surface area contributed by atoms with Crippen LogP contribution in [0.2, 0.25) is 0 Å².